The number of aromatic hydroxyl groups is 1. The number of aromatic nitrogens is 1. The van der Waals surface area contributed by atoms with Crippen molar-refractivity contribution >= 4 is 5.97 Å². The SMILES string of the molecule is Cc1c(COc2cc(OCc3cncc(C#N)c3)c(CN3CCCC[C@H]3C(=O)O)cc2O)cccc1-c1cccc(OCCCN2CCCC2)c1C. The van der Waals surface area contributed by atoms with E-state index in [-0.39, 0.29) is 24.7 Å². The third-order valence-corrected chi connectivity index (χ3v) is 10.2. The van der Waals surface area contributed by atoms with Gasteiger partial charge in [0.2, 0.25) is 0 Å². The Morgan fingerprint density at radius 1 is 0.865 bits per heavy atom. The van der Waals surface area contributed by atoms with E-state index in [1.807, 2.05) is 29.2 Å². The highest BCUT2D eigenvalue weighted by Gasteiger charge is 2.29. The van der Waals surface area contributed by atoms with Gasteiger partial charge < -0.3 is 29.3 Å². The maximum atomic E-state index is 12.0. The molecule has 0 amide bonds. The number of carboxylic acid groups (broad SMARTS) is 1. The van der Waals surface area contributed by atoms with Crippen molar-refractivity contribution in [3.63, 3.8) is 0 Å². The molecule has 272 valence electrons. The van der Waals surface area contributed by atoms with Gasteiger partial charge in [-0.2, -0.15) is 5.26 Å². The summed E-state index contributed by atoms with van der Waals surface area (Å²) in [6.07, 6.45) is 9.04. The number of carboxylic acids is 1. The van der Waals surface area contributed by atoms with E-state index in [9.17, 15) is 20.3 Å². The number of hydrogen-bond donors (Lipinski definition) is 2. The molecule has 2 saturated heterocycles. The number of phenols is 1. The van der Waals surface area contributed by atoms with E-state index in [2.05, 4.69) is 41.9 Å². The molecule has 1 aromatic heterocycles. The molecule has 2 N–H and O–H groups in total. The molecule has 3 heterocycles. The standard InChI is InChI=1S/C42H48N4O6/c1-29-33(10-7-11-35(29)36-12-8-14-39(30(36)2)50-19-9-17-45-15-5-6-16-45)28-52-41-22-40(51-27-32-20-31(23-43)24-44-25-32)34(21-38(41)47)26-46-18-4-3-13-37(46)42(48)49/h7-8,10-12,14,20-22,24-25,37,47H,3-6,9,13,15-19,26-28H2,1-2H3,(H,48,49)/t37-/m0/s1. The Hall–Kier alpha value is -5.11. The molecule has 4 aromatic rings. The zero-order chi connectivity index (χ0) is 36.5. The van der Waals surface area contributed by atoms with Crippen molar-refractivity contribution < 1.29 is 29.2 Å². The van der Waals surface area contributed by atoms with Gasteiger partial charge in [-0.3, -0.25) is 14.7 Å². The minimum Gasteiger partial charge on any atom is -0.504 e. The predicted octanol–water partition coefficient (Wildman–Crippen LogP) is 7.40. The fourth-order valence-electron chi connectivity index (χ4n) is 7.26. The van der Waals surface area contributed by atoms with Gasteiger partial charge in [0.25, 0.3) is 0 Å². The first-order valence-corrected chi connectivity index (χ1v) is 18.3. The van der Waals surface area contributed by atoms with Gasteiger partial charge in [-0.25, -0.2) is 0 Å². The molecule has 2 aliphatic rings. The number of nitriles is 1. The van der Waals surface area contributed by atoms with Crippen molar-refractivity contribution in [3.05, 3.63) is 100 Å². The van der Waals surface area contributed by atoms with Gasteiger partial charge in [0, 0.05) is 42.7 Å². The zero-order valence-electron chi connectivity index (χ0n) is 30.1. The van der Waals surface area contributed by atoms with Crippen LogP contribution in [0.5, 0.6) is 23.0 Å². The van der Waals surface area contributed by atoms with Crippen molar-refractivity contribution in [2.75, 3.05) is 32.8 Å². The molecule has 0 spiro atoms. The molecular weight excluding hydrogens is 656 g/mol. The maximum absolute atomic E-state index is 12.0. The topological polar surface area (TPSA) is 128 Å². The van der Waals surface area contributed by atoms with E-state index in [4.69, 9.17) is 14.2 Å². The molecule has 0 aliphatic carbocycles. The molecule has 3 aromatic carbocycles. The lowest BCUT2D eigenvalue weighted by Crippen LogP contribution is -2.44. The average molecular weight is 705 g/mol. The minimum absolute atomic E-state index is 0.0568. The quantitative estimate of drug-likeness (QED) is 0.121. The first-order chi connectivity index (χ1) is 25.3. The Balaban J connectivity index is 1.19. The maximum Gasteiger partial charge on any atom is 0.320 e. The Morgan fingerprint density at radius 2 is 1.62 bits per heavy atom. The predicted molar refractivity (Wildman–Crippen MR) is 199 cm³/mol. The molecule has 2 aliphatic heterocycles. The Labute approximate surface area is 306 Å². The van der Waals surface area contributed by atoms with Crippen molar-refractivity contribution in [2.24, 2.45) is 0 Å². The molecule has 0 radical (unpaired) electrons. The Kier molecular flexibility index (Phi) is 12.3. The smallest absolute Gasteiger partial charge is 0.320 e. The molecule has 2 fully saturated rings. The molecule has 10 heteroatoms. The fraction of sp³-hybridized carbons (Fsp3) is 0.405. The second kappa shape index (κ2) is 17.4. The number of ether oxygens (including phenoxy) is 3. The lowest BCUT2D eigenvalue weighted by molar-refractivity contribution is -0.144. The van der Waals surface area contributed by atoms with Crippen LogP contribution in [-0.4, -0.2) is 69.8 Å². The lowest BCUT2D eigenvalue weighted by Gasteiger charge is -2.33. The van der Waals surface area contributed by atoms with Crippen LogP contribution in [0.3, 0.4) is 0 Å². The molecule has 0 bridgehead atoms. The highest BCUT2D eigenvalue weighted by Crippen LogP contribution is 2.38. The van der Waals surface area contributed by atoms with E-state index in [0.29, 0.717) is 48.6 Å². The number of benzene rings is 3. The largest absolute Gasteiger partial charge is 0.504 e. The van der Waals surface area contributed by atoms with Gasteiger partial charge >= 0.3 is 5.97 Å². The third-order valence-electron chi connectivity index (χ3n) is 10.2. The van der Waals surface area contributed by atoms with Crippen LogP contribution < -0.4 is 14.2 Å². The van der Waals surface area contributed by atoms with Gasteiger partial charge in [-0.05, 0) is 112 Å². The first-order valence-electron chi connectivity index (χ1n) is 18.3. The van der Waals surface area contributed by atoms with E-state index < -0.39 is 12.0 Å². The van der Waals surface area contributed by atoms with Gasteiger partial charge in [0.1, 0.15) is 36.8 Å². The van der Waals surface area contributed by atoms with Crippen LogP contribution >= 0.6 is 0 Å². The van der Waals surface area contributed by atoms with Crippen molar-refractivity contribution in [1.29, 1.82) is 5.26 Å². The first kappa shape index (κ1) is 36.7. The molecule has 6 rings (SSSR count). The summed E-state index contributed by atoms with van der Waals surface area (Å²) in [6.45, 7) is 9.58. The third kappa shape index (κ3) is 9.02. The van der Waals surface area contributed by atoms with Crippen molar-refractivity contribution in [3.8, 4) is 40.2 Å². The van der Waals surface area contributed by atoms with Crippen LogP contribution in [0.25, 0.3) is 11.1 Å². The average Bonchev–Trinajstić information content (AvgIpc) is 3.68. The van der Waals surface area contributed by atoms with E-state index in [0.717, 1.165) is 59.4 Å². The lowest BCUT2D eigenvalue weighted by atomic mass is 9.93. The minimum atomic E-state index is -0.856. The molecule has 10 nitrogen and oxygen atoms in total. The second-order valence-electron chi connectivity index (χ2n) is 13.8. The zero-order valence-corrected chi connectivity index (χ0v) is 30.1. The molecule has 0 saturated carbocycles. The molecule has 1 atom stereocenters. The number of rotatable bonds is 15. The molecule has 0 unspecified atom stereocenters. The summed E-state index contributed by atoms with van der Waals surface area (Å²) in [5, 5.41) is 30.4. The fourth-order valence-corrected chi connectivity index (χ4v) is 7.26. The van der Waals surface area contributed by atoms with Gasteiger partial charge in [0.15, 0.2) is 11.5 Å². The summed E-state index contributed by atoms with van der Waals surface area (Å²) >= 11 is 0. The summed E-state index contributed by atoms with van der Waals surface area (Å²) in [5.41, 5.74) is 7.10. The second-order valence-corrected chi connectivity index (χ2v) is 13.8. The van der Waals surface area contributed by atoms with E-state index in [1.165, 1.54) is 32.1 Å². The van der Waals surface area contributed by atoms with Crippen molar-refractivity contribution in [2.45, 2.75) is 78.2 Å². The molecule has 52 heavy (non-hydrogen) atoms. The molecular formula is C42H48N4O6. The number of pyridine rings is 1. The number of likely N-dealkylation sites (tertiary alicyclic amines) is 2. The number of piperidine rings is 1. The number of aliphatic carboxylic acids is 1. The summed E-state index contributed by atoms with van der Waals surface area (Å²) in [4.78, 5) is 20.6. The highest BCUT2D eigenvalue weighted by atomic mass is 16.5. The van der Waals surface area contributed by atoms with Gasteiger partial charge in [-0.1, -0.05) is 36.8 Å². The van der Waals surface area contributed by atoms with E-state index in [1.54, 1.807) is 24.4 Å². The Morgan fingerprint density at radius 3 is 2.40 bits per heavy atom. The summed E-state index contributed by atoms with van der Waals surface area (Å²) in [5.74, 6) is 0.695. The van der Waals surface area contributed by atoms with Crippen LogP contribution in [0.2, 0.25) is 0 Å². The van der Waals surface area contributed by atoms with Crippen LogP contribution in [0.4, 0.5) is 0 Å². The summed E-state index contributed by atoms with van der Waals surface area (Å²) in [7, 11) is 0. The van der Waals surface area contributed by atoms with Crippen LogP contribution in [-0.2, 0) is 24.6 Å². The van der Waals surface area contributed by atoms with Crippen molar-refractivity contribution in [1.82, 2.24) is 14.8 Å². The van der Waals surface area contributed by atoms with Crippen LogP contribution in [0, 0.1) is 25.2 Å². The number of nitrogens with zero attached hydrogens (tertiary/aromatic N) is 4. The van der Waals surface area contributed by atoms with Crippen LogP contribution in [0.1, 0.15) is 71.9 Å². The number of carbonyl (C=O) groups is 1. The summed E-state index contributed by atoms with van der Waals surface area (Å²) < 4.78 is 18.8. The summed E-state index contributed by atoms with van der Waals surface area (Å²) in [6, 6.07) is 18.8. The number of phenolic OH excluding ortho intramolecular Hbond substituents is 1. The number of hydrogen-bond acceptors (Lipinski definition) is 9. The monoisotopic (exact) mass is 704 g/mol. The highest BCUT2D eigenvalue weighted by molar-refractivity contribution is 5.74. The van der Waals surface area contributed by atoms with Crippen LogP contribution in [0.15, 0.2) is 67.0 Å². The Bertz CT molecular complexity index is 1900. The van der Waals surface area contributed by atoms with Gasteiger partial charge in [0.05, 0.1) is 12.2 Å². The normalized spacial score (nSPS) is 16.4. The van der Waals surface area contributed by atoms with Gasteiger partial charge in [-0.15, -0.1) is 0 Å². The van der Waals surface area contributed by atoms with E-state index >= 15 is 0 Å².